The summed E-state index contributed by atoms with van der Waals surface area (Å²) >= 11 is 3.33. The number of benzene rings is 2. The Bertz CT molecular complexity index is 1240. The summed E-state index contributed by atoms with van der Waals surface area (Å²) in [6.45, 7) is 0.338. The lowest BCUT2D eigenvalue weighted by Crippen LogP contribution is -2.24. The molecule has 0 bridgehead atoms. The van der Waals surface area contributed by atoms with Gasteiger partial charge >= 0.3 is 11.9 Å². The molecule has 0 aliphatic rings. The molecule has 0 radical (unpaired) electrons. The van der Waals surface area contributed by atoms with Gasteiger partial charge in [0, 0.05) is 22.0 Å². The Hall–Kier alpha value is -3.79. The smallest absolute Gasteiger partial charge is 0.342 e. The summed E-state index contributed by atoms with van der Waals surface area (Å²) in [5, 5.41) is 19.2. The fourth-order valence-electron chi connectivity index (χ4n) is 3.24. The molecule has 0 aliphatic heterocycles. The molecular formula is C22H19BrN2O7. The van der Waals surface area contributed by atoms with E-state index < -0.39 is 34.4 Å². The van der Waals surface area contributed by atoms with Crippen molar-refractivity contribution in [1.82, 2.24) is 4.98 Å². The van der Waals surface area contributed by atoms with Crippen LogP contribution in [0.5, 0.6) is 11.5 Å². The monoisotopic (exact) mass is 502 g/mol. The number of rotatable bonds is 8. The van der Waals surface area contributed by atoms with E-state index in [2.05, 4.69) is 20.9 Å². The summed E-state index contributed by atoms with van der Waals surface area (Å²) in [5.74, 6) is -2.98. The number of nitrogens with one attached hydrogen (secondary N) is 1. The first-order chi connectivity index (χ1) is 15.2. The standard InChI is InChI=1S/C22H19BrN2O7/c1-31-14-9-12(13(23)10-15(14)32-8-7-11-5-3-2-4-6-11)16-17(21(27)28)19(24)25-20(26)18(16)22(29)30/h2-6,9-10H,7-8H2,1H3,(H,27,28)(H,29,30)(H3,24,25,26). The van der Waals surface area contributed by atoms with E-state index >= 15 is 0 Å². The minimum absolute atomic E-state index is 0.102. The number of ether oxygens (including phenoxy) is 2. The van der Waals surface area contributed by atoms with Crippen LogP contribution in [-0.2, 0) is 6.42 Å². The average molecular weight is 503 g/mol. The van der Waals surface area contributed by atoms with Crippen molar-refractivity contribution in [3.8, 4) is 22.6 Å². The molecule has 9 nitrogen and oxygen atoms in total. The molecule has 3 rings (SSSR count). The molecule has 0 aliphatic carbocycles. The van der Waals surface area contributed by atoms with Gasteiger partial charge in [0.15, 0.2) is 11.5 Å². The van der Waals surface area contributed by atoms with Crippen LogP contribution in [-0.4, -0.2) is 40.9 Å². The number of methoxy groups -OCH3 is 1. The Balaban J connectivity index is 2.09. The van der Waals surface area contributed by atoms with E-state index in [0.717, 1.165) is 5.56 Å². The first-order valence-corrected chi connectivity index (χ1v) is 10.1. The maximum Gasteiger partial charge on any atom is 0.342 e. The lowest BCUT2D eigenvalue weighted by molar-refractivity contribution is 0.0695. The van der Waals surface area contributed by atoms with Gasteiger partial charge < -0.3 is 30.4 Å². The number of H-pyrrole nitrogens is 1. The second-order valence-corrected chi connectivity index (χ2v) is 7.52. The van der Waals surface area contributed by atoms with E-state index in [1.54, 1.807) is 0 Å². The number of anilines is 1. The molecule has 166 valence electrons. The predicted molar refractivity (Wildman–Crippen MR) is 121 cm³/mol. The van der Waals surface area contributed by atoms with E-state index in [1.807, 2.05) is 30.3 Å². The van der Waals surface area contributed by atoms with E-state index in [0.29, 0.717) is 23.2 Å². The number of aromatic amines is 1. The van der Waals surface area contributed by atoms with Gasteiger partial charge in [0.1, 0.15) is 16.9 Å². The predicted octanol–water partition coefficient (Wildman–Crippen LogP) is 3.41. The molecule has 32 heavy (non-hydrogen) atoms. The van der Waals surface area contributed by atoms with Crippen LogP contribution in [0.25, 0.3) is 11.1 Å². The Morgan fingerprint density at radius 3 is 2.31 bits per heavy atom. The SMILES string of the molecule is COc1cc(-c2c(C(=O)O)c(N)[nH]c(=O)c2C(=O)O)c(Br)cc1OCCc1ccccc1. The fraction of sp³-hybridized carbons (Fsp3) is 0.136. The largest absolute Gasteiger partial charge is 0.493 e. The highest BCUT2D eigenvalue weighted by atomic mass is 79.9. The molecule has 0 unspecified atom stereocenters. The zero-order chi connectivity index (χ0) is 23.4. The lowest BCUT2D eigenvalue weighted by Gasteiger charge is -2.17. The van der Waals surface area contributed by atoms with E-state index in [9.17, 15) is 24.6 Å². The van der Waals surface area contributed by atoms with Gasteiger partial charge in [-0.3, -0.25) is 4.79 Å². The molecule has 10 heteroatoms. The summed E-state index contributed by atoms with van der Waals surface area (Å²) in [6, 6.07) is 12.6. The maximum atomic E-state index is 12.3. The minimum Gasteiger partial charge on any atom is -0.493 e. The molecule has 2 aromatic carbocycles. The molecular weight excluding hydrogens is 484 g/mol. The highest BCUT2D eigenvalue weighted by molar-refractivity contribution is 9.10. The second kappa shape index (κ2) is 9.56. The number of aromatic carboxylic acids is 2. The molecule has 0 saturated carbocycles. The van der Waals surface area contributed by atoms with Crippen LogP contribution >= 0.6 is 15.9 Å². The van der Waals surface area contributed by atoms with Crippen molar-refractivity contribution in [2.75, 3.05) is 19.5 Å². The number of halogens is 1. The number of carbonyl (C=O) groups is 2. The molecule has 3 aromatic rings. The molecule has 0 atom stereocenters. The number of aromatic nitrogens is 1. The van der Waals surface area contributed by atoms with Crippen LogP contribution in [0.4, 0.5) is 5.82 Å². The van der Waals surface area contributed by atoms with Crippen LogP contribution in [0.3, 0.4) is 0 Å². The van der Waals surface area contributed by atoms with Gasteiger partial charge in [-0.05, 0) is 17.7 Å². The van der Waals surface area contributed by atoms with Crippen molar-refractivity contribution in [1.29, 1.82) is 0 Å². The molecule has 0 fully saturated rings. The van der Waals surface area contributed by atoms with Gasteiger partial charge in [0.05, 0.1) is 13.7 Å². The third kappa shape index (κ3) is 4.59. The number of carboxylic acid groups (broad SMARTS) is 2. The fourth-order valence-corrected chi connectivity index (χ4v) is 3.76. The van der Waals surface area contributed by atoms with Gasteiger partial charge in [-0.15, -0.1) is 0 Å². The highest BCUT2D eigenvalue weighted by Gasteiger charge is 2.28. The second-order valence-electron chi connectivity index (χ2n) is 6.67. The molecule has 0 amide bonds. The number of nitrogen functional groups attached to an aromatic ring is 1. The summed E-state index contributed by atoms with van der Waals surface area (Å²) in [7, 11) is 1.39. The van der Waals surface area contributed by atoms with Crippen molar-refractivity contribution in [3.05, 3.63) is 74.0 Å². The van der Waals surface area contributed by atoms with Crippen LogP contribution in [0.15, 0.2) is 51.7 Å². The molecule has 5 N–H and O–H groups in total. The van der Waals surface area contributed by atoms with Crippen molar-refractivity contribution in [2.24, 2.45) is 0 Å². The molecule has 0 saturated heterocycles. The zero-order valence-corrected chi connectivity index (χ0v) is 18.4. The third-order valence-corrected chi connectivity index (χ3v) is 5.34. The minimum atomic E-state index is -1.60. The lowest BCUT2D eigenvalue weighted by atomic mass is 9.95. The first-order valence-electron chi connectivity index (χ1n) is 9.31. The van der Waals surface area contributed by atoms with Gasteiger partial charge in [0.25, 0.3) is 5.56 Å². The summed E-state index contributed by atoms with van der Waals surface area (Å²) in [5.41, 5.74) is 4.23. The Morgan fingerprint density at radius 2 is 1.72 bits per heavy atom. The van der Waals surface area contributed by atoms with Gasteiger partial charge in [-0.2, -0.15) is 0 Å². The topological polar surface area (TPSA) is 152 Å². The van der Waals surface area contributed by atoms with Crippen LogP contribution < -0.4 is 20.8 Å². The van der Waals surface area contributed by atoms with E-state index in [1.165, 1.54) is 19.2 Å². The Labute approximate surface area is 190 Å². The zero-order valence-electron chi connectivity index (χ0n) is 16.8. The first kappa shape index (κ1) is 22.9. The van der Waals surface area contributed by atoms with Crippen molar-refractivity contribution in [2.45, 2.75) is 6.42 Å². The van der Waals surface area contributed by atoms with Gasteiger partial charge in [-0.1, -0.05) is 46.3 Å². The Kier molecular flexibility index (Phi) is 6.84. The molecule has 1 heterocycles. The van der Waals surface area contributed by atoms with Gasteiger partial charge in [-0.25, -0.2) is 9.59 Å². The van der Waals surface area contributed by atoms with Crippen LogP contribution in [0.1, 0.15) is 26.3 Å². The van der Waals surface area contributed by atoms with Crippen LogP contribution in [0.2, 0.25) is 0 Å². The summed E-state index contributed by atoms with van der Waals surface area (Å²) < 4.78 is 11.5. The van der Waals surface area contributed by atoms with Crippen molar-refractivity contribution >= 4 is 33.7 Å². The quantitative estimate of drug-likeness (QED) is 0.365. The average Bonchev–Trinajstić information content (AvgIpc) is 2.73. The number of carboxylic acids is 2. The van der Waals surface area contributed by atoms with E-state index in [-0.39, 0.29) is 16.9 Å². The maximum absolute atomic E-state index is 12.3. The van der Waals surface area contributed by atoms with E-state index in [4.69, 9.17) is 15.2 Å². The van der Waals surface area contributed by atoms with Gasteiger partial charge in [0.2, 0.25) is 0 Å². The van der Waals surface area contributed by atoms with Crippen molar-refractivity contribution < 1.29 is 29.3 Å². The normalized spacial score (nSPS) is 10.6. The highest BCUT2D eigenvalue weighted by Crippen LogP contribution is 2.41. The van der Waals surface area contributed by atoms with Crippen LogP contribution in [0, 0.1) is 0 Å². The Morgan fingerprint density at radius 1 is 1.06 bits per heavy atom. The number of nitrogens with two attached hydrogens (primary N) is 1. The number of hydrogen-bond acceptors (Lipinski definition) is 6. The number of hydrogen-bond donors (Lipinski definition) is 4. The summed E-state index contributed by atoms with van der Waals surface area (Å²) in [4.78, 5) is 38.0. The molecule has 1 aromatic heterocycles. The van der Waals surface area contributed by atoms with Crippen molar-refractivity contribution in [3.63, 3.8) is 0 Å². The third-order valence-electron chi connectivity index (χ3n) is 4.69. The number of pyridine rings is 1. The summed E-state index contributed by atoms with van der Waals surface area (Å²) in [6.07, 6.45) is 0.639. The molecule has 0 spiro atoms.